The molecule has 2 atom stereocenters. The highest BCUT2D eigenvalue weighted by atomic mass is 32.2. The lowest BCUT2D eigenvalue weighted by Gasteiger charge is -2.29. The molecule has 7 nitrogen and oxygen atoms in total. The van der Waals surface area contributed by atoms with Gasteiger partial charge in [0, 0.05) is 30.6 Å². The topological polar surface area (TPSA) is 108 Å². The van der Waals surface area contributed by atoms with Crippen LogP contribution in [-0.4, -0.2) is 31.9 Å². The molecule has 27 heavy (non-hydrogen) atoms. The van der Waals surface area contributed by atoms with Gasteiger partial charge in [0.25, 0.3) is 0 Å². The van der Waals surface area contributed by atoms with Gasteiger partial charge >= 0.3 is 0 Å². The van der Waals surface area contributed by atoms with E-state index < -0.39 is 10.0 Å². The first-order valence-corrected chi connectivity index (χ1v) is 10.8. The van der Waals surface area contributed by atoms with Gasteiger partial charge in [0.05, 0.1) is 4.90 Å². The summed E-state index contributed by atoms with van der Waals surface area (Å²) >= 11 is 0. The standard InChI is InChI=1S/C19H25N3O4S/c1-13-4-2-3-5-16(13)21-19(24)10-11-20-27(25,26)15-7-8-17-14(12-15)6-9-18(23)22-17/h6-9,12-13,16,20H,2-5,10-11H2,1H3,(H,21,24)(H,22,23)/t13-,16+/m1/s1. The lowest BCUT2D eigenvalue weighted by atomic mass is 9.86. The molecule has 0 aliphatic heterocycles. The molecule has 0 radical (unpaired) electrons. The number of fused-ring (bicyclic) bond motifs is 1. The van der Waals surface area contributed by atoms with Crippen molar-refractivity contribution in [3.8, 4) is 0 Å². The van der Waals surface area contributed by atoms with Crippen LogP contribution in [0.1, 0.15) is 39.0 Å². The Kier molecular flexibility index (Phi) is 5.96. The average Bonchev–Trinajstić information content (AvgIpc) is 2.63. The van der Waals surface area contributed by atoms with E-state index in [1.54, 1.807) is 12.1 Å². The van der Waals surface area contributed by atoms with Crippen molar-refractivity contribution < 1.29 is 13.2 Å². The van der Waals surface area contributed by atoms with Crippen molar-refractivity contribution in [3.05, 3.63) is 40.7 Å². The number of H-pyrrole nitrogens is 1. The van der Waals surface area contributed by atoms with E-state index in [-0.39, 0.29) is 35.4 Å². The predicted octanol–water partition coefficient (Wildman–Crippen LogP) is 1.89. The second kappa shape index (κ2) is 8.22. The lowest BCUT2D eigenvalue weighted by molar-refractivity contribution is -0.122. The van der Waals surface area contributed by atoms with Gasteiger partial charge in [-0.25, -0.2) is 13.1 Å². The number of amides is 1. The number of benzene rings is 1. The molecular formula is C19H25N3O4S. The fourth-order valence-corrected chi connectivity index (χ4v) is 4.56. The van der Waals surface area contributed by atoms with Crippen molar-refractivity contribution in [2.45, 2.75) is 50.0 Å². The third kappa shape index (κ3) is 4.95. The smallest absolute Gasteiger partial charge is 0.248 e. The van der Waals surface area contributed by atoms with E-state index in [4.69, 9.17) is 0 Å². The molecule has 8 heteroatoms. The Balaban J connectivity index is 1.57. The van der Waals surface area contributed by atoms with E-state index in [1.165, 1.54) is 24.6 Å². The van der Waals surface area contributed by atoms with Crippen LogP contribution in [0.4, 0.5) is 0 Å². The van der Waals surface area contributed by atoms with Gasteiger partial charge in [-0.2, -0.15) is 0 Å². The van der Waals surface area contributed by atoms with Crippen LogP contribution in [0.15, 0.2) is 40.0 Å². The summed E-state index contributed by atoms with van der Waals surface area (Å²) in [6.45, 7) is 2.18. The van der Waals surface area contributed by atoms with E-state index in [0.717, 1.165) is 19.3 Å². The second-order valence-corrected chi connectivity index (χ2v) is 8.92. The van der Waals surface area contributed by atoms with Gasteiger partial charge in [0.15, 0.2) is 0 Å². The number of carbonyl (C=O) groups is 1. The maximum absolute atomic E-state index is 12.5. The van der Waals surface area contributed by atoms with Crippen molar-refractivity contribution in [2.75, 3.05) is 6.54 Å². The fraction of sp³-hybridized carbons (Fsp3) is 0.474. The Labute approximate surface area is 158 Å². The molecule has 1 aliphatic rings. The molecule has 146 valence electrons. The minimum atomic E-state index is -3.72. The molecule has 0 spiro atoms. The van der Waals surface area contributed by atoms with E-state index in [9.17, 15) is 18.0 Å². The minimum absolute atomic E-state index is 0.0406. The first kappa shape index (κ1) is 19.6. The number of sulfonamides is 1. The molecule has 3 N–H and O–H groups in total. The molecule has 3 rings (SSSR count). The molecule has 0 unspecified atom stereocenters. The van der Waals surface area contributed by atoms with Crippen LogP contribution < -0.4 is 15.6 Å². The van der Waals surface area contributed by atoms with E-state index in [1.807, 2.05) is 0 Å². The summed E-state index contributed by atoms with van der Waals surface area (Å²) in [4.78, 5) is 26.2. The molecule has 2 aromatic rings. The van der Waals surface area contributed by atoms with Gasteiger partial charge in [-0.1, -0.05) is 19.8 Å². The Bertz CT molecular complexity index is 984. The van der Waals surface area contributed by atoms with Crippen molar-refractivity contribution >= 4 is 26.8 Å². The summed E-state index contributed by atoms with van der Waals surface area (Å²) in [6, 6.07) is 7.60. The highest BCUT2D eigenvalue weighted by molar-refractivity contribution is 7.89. The van der Waals surface area contributed by atoms with Crippen molar-refractivity contribution in [1.29, 1.82) is 0 Å². The van der Waals surface area contributed by atoms with Crippen molar-refractivity contribution in [3.63, 3.8) is 0 Å². The van der Waals surface area contributed by atoms with Gasteiger partial charge in [0.1, 0.15) is 0 Å². The number of rotatable bonds is 6. The summed E-state index contributed by atoms with van der Waals surface area (Å²) in [5.74, 6) is 0.330. The molecule has 0 saturated heterocycles. The van der Waals surface area contributed by atoms with Gasteiger partial charge in [0.2, 0.25) is 21.5 Å². The largest absolute Gasteiger partial charge is 0.353 e. The zero-order valence-electron chi connectivity index (χ0n) is 15.3. The Morgan fingerprint density at radius 1 is 1.19 bits per heavy atom. The van der Waals surface area contributed by atoms with Crippen molar-refractivity contribution in [2.24, 2.45) is 5.92 Å². The molecule has 0 bridgehead atoms. The SMILES string of the molecule is C[C@@H]1CCCC[C@@H]1NC(=O)CCNS(=O)(=O)c1ccc2[nH]c(=O)ccc2c1. The summed E-state index contributed by atoms with van der Waals surface area (Å²) in [7, 11) is -3.72. The zero-order chi connectivity index (χ0) is 19.4. The Morgan fingerprint density at radius 3 is 2.74 bits per heavy atom. The molecule has 1 saturated carbocycles. The lowest BCUT2D eigenvalue weighted by Crippen LogP contribution is -2.42. The number of aromatic nitrogens is 1. The number of hydrogen-bond acceptors (Lipinski definition) is 4. The molecule has 1 amide bonds. The highest BCUT2D eigenvalue weighted by Crippen LogP contribution is 2.23. The van der Waals surface area contributed by atoms with Gasteiger partial charge in [-0.3, -0.25) is 9.59 Å². The molecule has 1 aliphatic carbocycles. The van der Waals surface area contributed by atoms with Crippen LogP contribution in [0.25, 0.3) is 10.9 Å². The summed E-state index contributed by atoms with van der Waals surface area (Å²) < 4.78 is 27.4. The number of carbonyl (C=O) groups excluding carboxylic acids is 1. The van der Waals surface area contributed by atoms with Crippen LogP contribution in [0.3, 0.4) is 0 Å². The molecule has 1 aromatic carbocycles. The van der Waals surface area contributed by atoms with Gasteiger partial charge in [-0.15, -0.1) is 0 Å². The Morgan fingerprint density at radius 2 is 1.96 bits per heavy atom. The molecule has 1 aromatic heterocycles. The Hall–Kier alpha value is -2.19. The highest BCUT2D eigenvalue weighted by Gasteiger charge is 2.23. The maximum atomic E-state index is 12.5. The van der Waals surface area contributed by atoms with Crippen LogP contribution >= 0.6 is 0 Å². The maximum Gasteiger partial charge on any atom is 0.248 e. The summed E-state index contributed by atoms with van der Waals surface area (Å²) in [5, 5.41) is 3.64. The number of aromatic amines is 1. The second-order valence-electron chi connectivity index (χ2n) is 7.16. The summed E-state index contributed by atoms with van der Waals surface area (Å²) in [5.41, 5.74) is 0.331. The third-order valence-electron chi connectivity index (χ3n) is 5.11. The normalized spacial score (nSPS) is 20.5. The third-order valence-corrected chi connectivity index (χ3v) is 6.57. The first-order valence-electron chi connectivity index (χ1n) is 9.27. The molecule has 1 heterocycles. The number of hydrogen-bond donors (Lipinski definition) is 3. The zero-order valence-corrected chi connectivity index (χ0v) is 16.1. The van der Waals surface area contributed by atoms with Crippen LogP contribution in [0.5, 0.6) is 0 Å². The van der Waals surface area contributed by atoms with E-state index in [2.05, 4.69) is 21.9 Å². The first-order chi connectivity index (χ1) is 12.8. The van der Waals surface area contributed by atoms with E-state index in [0.29, 0.717) is 16.8 Å². The molecular weight excluding hydrogens is 366 g/mol. The van der Waals surface area contributed by atoms with Crippen LogP contribution in [0.2, 0.25) is 0 Å². The number of nitrogens with one attached hydrogen (secondary N) is 3. The fourth-order valence-electron chi connectivity index (χ4n) is 3.49. The monoisotopic (exact) mass is 391 g/mol. The van der Waals surface area contributed by atoms with Gasteiger partial charge in [-0.05, 0) is 48.4 Å². The predicted molar refractivity (Wildman–Crippen MR) is 104 cm³/mol. The quantitative estimate of drug-likeness (QED) is 0.699. The molecule has 1 fully saturated rings. The minimum Gasteiger partial charge on any atom is -0.353 e. The van der Waals surface area contributed by atoms with Crippen LogP contribution in [-0.2, 0) is 14.8 Å². The van der Waals surface area contributed by atoms with Gasteiger partial charge < -0.3 is 10.3 Å². The number of pyridine rings is 1. The van der Waals surface area contributed by atoms with Crippen LogP contribution in [0, 0.1) is 5.92 Å². The van der Waals surface area contributed by atoms with Crippen molar-refractivity contribution in [1.82, 2.24) is 15.0 Å². The summed E-state index contributed by atoms with van der Waals surface area (Å²) in [6.07, 6.45) is 4.52. The average molecular weight is 391 g/mol. The van der Waals surface area contributed by atoms with E-state index >= 15 is 0 Å².